The fourth-order valence-corrected chi connectivity index (χ4v) is 4.83. The fraction of sp³-hybridized carbons (Fsp3) is 0.552. The number of imide groups is 1. The number of ether oxygens (including phenoxy) is 1. The summed E-state index contributed by atoms with van der Waals surface area (Å²) in [4.78, 5) is 86.1. The molecule has 0 bridgehead atoms. The summed E-state index contributed by atoms with van der Waals surface area (Å²) in [5, 5.41) is 10.0. The van der Waals surface area contributed by atoms with Crippen LogP contribution in [0.25, 0.3) is 0 Å². The third-order valence-electron chi connectivity index (χ3n) is 6.98. The van der Waals surface area contributed by atoms with E-state index in [2.05, 4.69) is 33.9 Å². The average Bonchev–Trinajstić information content (AvgIpc) is 3.21. The lowest BCUT2D eigenvalue weighted by Gasteiger charge is -2.25. The van der Waals surface area contributed by atoms with E-state index in [0.717, 1.165) is 0 Å². The first kappa shape index (κ1) is 36.8. The van der Waals surface area contributed by atoms with Gasteiger partial charge in [-0.3, -0.25) is 28.9 Å². The minimum absolute atomic E-state index is 0.0329. The first-order valence-corrected chi connectivity index (χ1v) is 15.3. The molecule has 1 aliphatic heterocycles. The number of nitrogens with zero attached hydrogens (tertiary/aromatic N) is 1. The molecule has 1 aromatic carbocycles. The Bertz CT molecular complexity index is 1230. The summed E-state index contributed by atoms with van der Waals surface area (Å²) in [7, 11) is 0. The molecule has 1 aliphatic rings. The van der Waals surface area contributed by atoms with Gasteiger partial charge in [-0.1, -0.05) is 32.4 Å². The summed E-state index contributed by atoms with van der Waals surface area (Å²) in [5.41, 5.74) is 11.2. The van der Waals surface area contributed by atoms with Crippen LogP contribution in [0.3, 0.4) is 0 Å². The van der Waals surface area contributed by atoms with Crippen LogP contribution < -0.4 is 32.7 Å². The van der Waals surface area contributed by atoms with E-state index < -0.39 is 41.3 Å². The topological polar surface area (TPSA) is 232 Å². The Morgan fingerprint density at radius 3 is 2.24 bits per heavy atom. The van der Waals surface area contributed by atoms with Crippen molar-refractivity contribution < 1.29 is 38.3 Å². The zero-order valence-electron chi connectivity index (χ0n) is 25.5. The van der Waals surface area contributed by atoms with E-state index in [1.54, 1.807) is 38.1 Å². The zero-order valence-corrected chi connectivity index (χ0v) is 26.4. The predicted octanol–water partition coefficient (Wildman–Crippen LogP) is 0.912. The van der Waals surface area contributed by atoms with E-state index >= 15 is 0 Å². The number of unbranched alkanes of at least 4 members (excludes halogenated alkanes) is 2. The molecule has 0 aromatic heterocycles. The quantitative estimate of drug-likeness (QED) is 0.0685. The molecule has 15 nitrogen and oxygen atoms in total. The summed E-state index contributed by atoms with van der Waals surface area (Å²) in [6, 6.07) is 3.82. The van der Waals surface area contributed by atoms with E-state index in [-0.39, 0.29) is 62.6 Å². The van der Waals surface area contributed by atoms with Crippen LogP contribution in [0, 0.1) is 5.92 Å². The van der Waals surface area contributed by atoms with Gasteiger partial charge in [0.05, 0.1) is 5.25 Å². The van der Waals surface area contributed by atoms with Crippen molar-refractivity contribution in [1.29, 1.82) is 0 Å². The van der Waals surface area contributed by atoms with Crippen molar-refractivity contribution >= 4 is 60.0 Å². The number of amides is 8. The predicted molar refractivity (Wildman–Crippen MR) is 168 cm³/mol. The molecule has 0 spiro atoms. The lowest BCUT2D eigenvalue weighted by Crippen LogP contribution is -2.54. The molecule has 45 heavy (non-hydrogen) atoms. The maximum atomic E-state index is 13.3. The molecule has 1 heterocycles. The number of hydrogen-bond acceptors (Lipinski definition) is 9. The summed E-state index contributed by atoms with van der Waals surface area (Å²) in [5.74, 6) is -2.26. The number of rotatable bonds is 18. The number of benzene rings is 1. The molecule has 1 unspecified atom stereocenters. The Kier molecular flexibility index (Phi) is 15.1. The molecule has 1 aromatic rings. The van der Waals surface area contributed by atoms with Gasteiger partial charge in [0.2, 0.25) is 29.5 Å². The molecule has 1 fully saturated rings. The summed E-state index contributed by atoms with van der Waals surface area (Å²) >= 11 is 4.10. The maximum Gasteiger partial charge on any atom is 0.404 e. The summed E-state index contributed by atoms with van der Waals surface area (Å²) in [6.45, 7) is 3.95. The average molecular weight is 650 g/mol. The van der Waals surface area contributed by atoms with Gasteiger partial charge in [0.15, 0.2) is 0 Å². The van der Waals surface area contributed by atoms with Gasteiger partial charge in [-0.2, -0.15) is 12.6 Å². The number of primary amides is 2. The van der Waals surface area contributed by atoms with Gasteiger partial charge in [-0.05, 0) is 49.3 Å². The molecule has 248 valence electrons. The number of carbonyl (C=O) groups excluding carboxylic acids is 7. The molecule has 16 heteroatoms. The Morgan fingerprint density at radius 1 is 0.978 bits per heavy atom. The third kappa shape index (κ3) is 13.0. The Morgan fingerprint density at radius 2 is 1.67 bits per heavy atom. The van der Waals surface area contributed by atoms with E-state index in [1.807, 2.05) is 0 Å². The van der Waals surface area contributed by atoms with Crippen molar-refractivity contribution in [2.75, 3.05) is 18.4 Å². The molecule has 1 saturated heterocycles. The second-order valence-electron chi connectivity index (χ2n) is 11.0. The van der Waals surface area contributed by atoms with Gasteiger partial charge in [-0.25, -0.2) is 9.59 Å². The molecule has 8 amide bonds. The van der Waals surface area contributed by atoms with Crippen LogP contribution in [0.15, 0.2) is 24.3 Å². The highest BCUT2D eigenvalue weighted by Crippen LogP contribution is 2.19. The Balaban J connectivity index is 1.93. The number of carbonyl (C=O) groups is 7. The van der Waals surface area contributed by atoms with E-state index in [4.69, 9.17) is 16.2 Å². The van der Waals surface area contributed by atoms with Crippen LogP contribution in [-0.2, 0) is 35.3 Å². The second kappa shape index (κ2) is 18.5. The molecule has 0 aliphatic carbocycles. The lowest BCUT2D eigenvalue weighted by molar-refractivity contribution is -0.138. The summed E-state index contributed by atoms with van der Waals surface area (Å²) in [6.07, 6.45) is 1.44. The van der Waals surface area contributed by atoms with Crippen LogP contribution in [0.1, 0.15) is 64.4 Å². The first-order valence-electron chi connectivity index (χ1n) is 14.8. The van der Waals surface area contributed by atoms with Crippen molar-refractivity contribution in [1.82, 2.24) is 20.9 Å². The molecule has 0 radical (unpaired) electrons. The number of hydrogen-bond donors (Lipinski definition) is 7. The van der Waals surface area contributed by atoms with Crippen LogP contribution in [0.4, 0.5) is 15.3 Å². The monoisotopic (exact) mass is 649 g/mol. The molecule has 2 rings (SSSR count). The van der Waals surface area contributed by atoms with Crippen molar-refractivity contribution in [3.63, 3.8) is 0 Å². The van der Waals surface area contributed by atoms with E-state index in [0.29, 0.717) is 36.9 Å². The number of thiol groups is 1. The summed E-state index contributed by atoms with van der Waals surface area (Å²) < 4.78 is 4.74. The molecule has 8 N–H and O–H groups in total. The zero-order chi connectivity index (χ0) is 33.5. The molecular formula is C29H43N7O8S. The smallest absolute Gasteiger partial charge is 0.404 e. The van der Waals surface area contributed by atoms with Crippen molar-refractivity contribution in [2.45, 2.75) is 82.7 Å². The number of likely N-dealkylation sites (tertiary alicyclic amines) is 1. The van der Waals surface area contributed by atoms with E-state index in [9.17, 15) is 33.6 Å². The SMILES string of the molecule is CC(C)[C@H](NC(=O)CCCCCN1C(=O)CC(S)C1=O)C(=O)N[C@@H](CCCNC(N)=O)C(=O)Nc1ccc(COC(N)=O)cc1. The van der Waals surface area contributed by atoms with Gasteiger partial charge in [0, 0.05) is 31.6 Å². The van der Waals surface area contributed by atoms with Crippen LogP contribution >= 0.6 is 12.6 Å². The number of urea groups is 1. The molecular weight excluding hydrogens is 606 g/mol. The molecule has 3 atom stereocenters. The highest BCUT2D eigenvalue weighted by molar-refractivity contribution is 7.81. The molecule has 0 saturated carbocycles. The minimum Gasteiger partial charge on any atom is -0.445 e. The Hall–Kier alpha value is -4.34. The Labute approximate surface area is 267 Å². The number of nitrogens with two attached hydrogens (primary N) is 2. The number of nitrogens with one attached hydrogen (secondary N) is 4. The highest BCUT2D eigenvalue weighted by atomic mass is 32.1. The normalized spacial score (nSPS) is 15.7. The fourth-order valence-electron chi connectivity index (χ4n) is 4.53. The lowest BCUT2D eigenvalue weighted by atomic mass is 10.0. The first-order chi connectivity index (χ1) is 21.3. The van der Waals surface area contributed by atoms with Crippen LogP contribution in [-0.4, -0.2) is 77.0 Å². The van der Waals surface area contributed by atoms with Crippen LogP contribution in [0.5, 0.6) is 0 Å². The minimum atomic E-state index is -1.00. The standard InChI is InChI=1S/C29H43N7O8S/c1-17(2)24(35-22(37)8-4-3-5-14-36-23(38)15-21(45)27(36)41)26(40)34-20(7-6-13-32-28(30)42)25(39)33-19-11-9-18(10-12-19)16-44-29(31)43/h9-12,17,20-21,24,45H,3-8,13-16H2,1-2H3,(H2,31,43)(H,33,39)(H,34,40)(H,35,37)(H3,30,32,42)/t20-,21?,24-/m0/s1. The maximum absolute atomic E-state index is 13.3. The van der Waals surface area contributed by atoms with Crippen molar-refractivity contribution in [2.24, 2.45) is 17.4 Å². The van der Waals surface area contributed by atoms with Crippen molar-refractivity contribution in [3.05, 3.63) is 29.8 Å². The number of anilines is 1. The largest absolute Gasteiger partial charge is 0.445 e. The second-order valence-corrected chi connectivity index (χ2v) is 11.6. The van der Waals surface area contributed by atoms with Crippen molar-refractivity contribution in [3.8, 4) is 0 Å². The van der Waals surface area contributed by atoms with Gasteiger partial charge < -0.3 is 37.5 Å². The van der Waals surface area contributed by atoms with Gasteiger partial charge in [0.1, 0.15) is 18.7 Å². The van der Waals surface area contributed by atoms with Gasteiger partial charge in [-0.15, -0.1) is 0 Å². The van der Waals surface area contributed by atoms with E-state index in [1.165, 1.54) is 4.90 Å². The third-order valence-corrected chi connectivity index (χ3v) is 7.38. The van der Waals surface area contributed by atoms with Crippen LogP contribution in [0.2, 0.25) is 0 Å². The highest BCUT2D eigenvalue weighted by Gasteiger charge is 2.35. The van der Waals surface area contributed by atoms with Gasteiger partial charge in [0.25, 0.3) is 0 Å². The van der Waals surface area contributed by atoms with Gasteiger partial charge >= 0.3 is 12.1 Å².